The van der Waals surface area contributed by atoms with Crippen molar-refractivity contribution in [3.8, 4) is 11.8 Å². The van der Waals surface area contributed by atoms with Crippen LogP contribution in [0.25, 0.3) is 0 Å². The molecule has 0 unspecified atom stereocenters. The zero-order valence-corrected chi connectivity index (χ0v) is 13.2. The van der Waals surface area contributed by atoms with Gasteiger partial charge in [-0.2, -0.15) is 0 Å². The second kappa shape index (κ2) is 6.57. The average molecular weight is 286 g/mol. The number of hydrogen-bond donors (Lipinski definition) is 0. The number of aromatic nitrogens is 2. The Labute approximate surface area is 126 Å². The molecular weight excluding hydrogens is 264 g/mol. The maximum atomic E-state index is 11.7. The van der Waals surface area contributed by atoms with Crippen LogP contribution < -0.4 is 4.90 Å². The highest BCUT2D eigenvalue weighted by Crippen LogP contribution is 2.18. The molecule has 0 aliphatic carbocycles. The van der Waals surface area contributed by atoms with Gasteiger partial charge < -0.3 is 9.80 Å². The fraction of sp³-hybridized carbons (Fsp3) is 0.562. The average Bonchev–Trinajstić information content (AvgIpc) is 2.47. The third-order valence-electron chi connectivity index (χ3n) is 3.50. The quantitative estimate of drug-likeness (QED) is 0.775. The molecule has 1 aliphatic heterocycles. The Morgan fingerprint density at radius 2 is 1.90 bits per heavy atom. The third kappa shape index (κ3) is 3.72. The van der Waals surface area contributed by atoms with Crippen LogP contribution in [0.1, 0.15) is 38.2 Å². The lowest BCUT2D eigenvalue weighted by Crippen LogP contribution is -2.48. The highest BCUT2D eigenvalue weighted by molar-refractivity contribution is 5.93. The Balaban J connectivity index is 2.08. The van der Waals surface area contributed by atoms with E-state index < -0.39 is 0 Å². The number of nitrogens with zero attached hydrogens (tertiary/aromatic N) is 4. The highest BCUT2D eigenvalue weighted by atomic mass is 16.2. The van der Waals surface area contributed by atoms with Gasteiger partial charge in [0.05, 0.1) is 0 Å². The van der Waals surface area contributed by atoms with E-state index in [1.54, 1.807) is 11.8 Å². The summed E-state index contributed by atoms with van der Waals surface area (Å²) in [5, 5.41) is 0. The first kappa shape index (κ1) is 15.3. The molecule has 1 aliphatic rings. The molecule has 0 spiro atoms. The van der Waals surface area contributed by atoms with Gasteiger partial charge in [0.1, 0.15) is 11.6 Å². The van der Waals surface area contributed by atoms with Crippen LogP contribution in [0.2, 0.25) is 0 Å². The van der Waals surface area contributed by atoms with E-state index >= 15 is 0 Å². The topological polar surface area (TPSA) is 49.3 Å². The number of carbonyl (C=O) groups is 1. The summed E-state index contributed by atoms with van der Waals surface area (Å²) in [5.74, 6) is 7.32. The molecule has 0 aromatic carbocycles. The number of anilines is 1. The van der Waals surface area contributed by atoms with Gasteiger partial charge in [0.2, 0.25) is 0 Å². The van der Waals surface area contributed by atoms with Crippen molar-refractivity contribution >= 4 is 11.7 Å². The van der Waals surface area contributed by atoms with Crippen molar-refractivity contribution in [3.63, 3.8) is 0 Å². The van der Waals surface area contributed by atoms with Crippen LogP contribution in [-0.2, 0) is 4.79 Å². The number of carbonyl (C=O) groups excluding carboxylic acids is 1. The lowest BCUT2D eigenvalue weighted by molar-refractivity contribution is -0.125. The number of aryl methyl sites for hydroxylation is 1. The van der Waals surface area contributed by atoms with Crippen LogP contribution in [0, 0.1) is 18.8 Å². The summed E-state index contributed by atoms with van der Waals surface area (Å²) in [6, 6.07) is 2.01. The molecule has 0 saturated carbocycles. The first-order valence-electron chi connectivity index (χ1n) is 7.33. The van der Waals surface area contributed by atoms with Crippen LogP contribution >= 0.6 is 0 Å². The molecule has 5 heteroatoms. The summed E-state index contributed by atoms with van der Waals surface area (Å²) in [7, 11) is 0. The normalized spacial score (nSPS) is 14.9. The summed E-state index contributed by atoms with van der Waals surface area (Å²) in [6.45, 7) is 10.8. The molecule has 1 aromatic heterocycles. The van der Waals surface area contributed by atoms with Gasteiger partial charge in [-0.05, 0) is 19.8 Å². The van der Waals surface area contributed by atoms with E-state index in [-0.39, 0.29) is 5.91 Å². The molecule has 1 amide bonds. The number of hydrogen-bond acceptors (Lipinski definition) is 4. The molecule has 2 rings (SSSR count). The molecule has 0 N–H and O–H groups in total. The number of piperazine rings is 1. The van der Waals surface area contributed by atoms with Crippen molar-refractivity contribution < 1.29 is 4.79 Å². The van der Waals surface area contributed by atoms with Gasteiger partial charge in [-0.3, -0.25) is 4.79 Å². The van der Waals surface area contributed by atoms with Crippen LogP contribution in [0.15, 0.2) is 6.07 Å². The fourth-order valence-electron chi connectivity index (χ4n) is 2.32. The van der Waals surface area contributed by atoms with E-state index in [1.165, 1.54) is 0 Å². The van der Waals surface area contributed by atoms with Crippen LogP contribution in [-0.4, -0.2) is 47.0 Å². The van der Waals surface area contributed by atoms with Gasteiger partial charge in [-0.25, -0.2) is 9.97 Å². The first-order valence-corrected chi connectivity index (χ1v) is 7.33. The van der Waals surface area contributed by atoms with Gasteiger partial charge in [0, 0.05) is 43.9 Å². The van der Waals surface area contributed by atoms with Crippen molar-refractivity contribution in [1.82, 2.24) is 14.9 Å². The highest BCUT2D eigenvalue weighted by Gasteiger charge is 2.21. The molecular formula is C16H22N4O. The summed E-state index contributed by atoms with van der Waals surface area (Å²) in [4.78, 5) is 24.9. The lowest BCUT2D eigenvalue weighted by Gasteiger charge is -2.34. The van der Waals surface area contributed by atoms with E-state index in [4.69, 9.17) is 0 Å². The second-order valence-corrected chi connectivity index (χ2v) is 5.53. The molecule has 1 aromatic rings. The molecule has 0 radical (unpaired) electrons. The first-order chi connectivity index (χ1) is 10.0. The summed E-state index contributed by atoms with van der Waals surface area (Å²) in [6.07, 6.45) is 0. The van der Waals surface area contributed by atoms with Crippen molar-refractivity contribution in [1.29, 1.82) is 0 Å². The van der Waals surface area contributed by atoms with E-state index in [0.29, 0.717) is 19.0 Å². The second-order valence-electron chi connectivity index (χ2n) is 5.53. The van der Waals surface area contributed by atoms with E-state index in [1.807, 2.05) is 13.0 Å². The van der Waals surface area contributed by atoms with Gasteiger partial charge in [-0.15, -0.1) is 0 Å². The standard InChI is InChI=1S/C16H22N4O/c1-5-6-15(21)20-9-7-19(8-10-20)14-11-13(4)17-16(18-14)12(2)3/h11-12H,7-10H2,1-4H3. The monoisotopic (exact) mass is 286 g/mol. The number of amides is 1. The minimum Gasteiger partial charge on any atom is -0.353 e. The minimum atomic E-state index is -0.0844. The summed E-state index contributed by atoms with van der Waals surface area (Å²) >= 11 is 0. The zero-order valence-electron chi connectivity index (χ0n) is 13.2. The Morgan fingerprint density at radius 1 is 1.24 bits per heavy atom. The predicted molar refractivity (Wildman–Crippen MR) is 83.1 cm³/mol. The summed E-state index contributed by atoms with van der Waals surface area (Å²) in [5.41, 5.74) is 0.985. The molecule has 5 nitrogen and oxygen atoms in total. The van der Waals surface area contributed by atoms with Gasteiger partial charge >= 0.3 is 0 Å². The van der Waals surface area contributed by atoms with Crippen molar-refractivity contribution in [2.75, 3.05) is 31.1 Å². The minimum absolute atomic E-state index is 0.0844. The molecule has 1 fully saturated rings. The molecule has 21 heavy (non-hydrogen) atoms. The zero-order chi connectivity index (χ0) is 15.4. The summed E-state index contributed by atoms with van der Waals surface area (Å²) < 4.78 is 0. The number of rotatable bonds is 2. The molecule has 0 bridgehead atoms. The fourth-order valence-corrected chi connectivity index (χ4v) is 2.32. The SMILES string of the molecule is CC#CC(=O)N1CCN(c2cc(C)nc(C(C)C)n2)CC1. The third-order valence-corrected chi connectivity index (χ3v) is 3.50. The van der Waals surface area contributed by atoms with Crippen LogP contribution in [0.4, 0.5) is 5.82 Å². The maximum absolute atomic E-state index is 11.7. The Morgan fingerprint density at radius 3 is 2.48 bits per heavy atom. The lowest BCUT2D eigenvalue weighted by atomic mass is 10.2. The van der Waals surface area contributed by atoms with Gasteiger partial charge in [0.15, 0.2) is 0 Å². The van der Waals surface area contributed by atoms with E-state index in [9.17, 15) is 4.79 Å². The van der Waals surface area contributed by atoms with Gasteiger partial charge in [-0.1, -0.05) is 19.8 Å². The smallest absolute Gasteiger partial charge is 0.298 e. The maximum Gasteiger partial charge on any atom is 0.298 e. The molecule has 0 atom stereocenters. The van der Waals surface area contributed by atoms with Crippen molar-refractivity contribution in [3.05, 3.63) is 17.6 Å². The Kier molecular flexibility index (Phi) is 4.79. The Bertz CT molecular complexity index is 578. The molecule has 112 valence electrons. The van der Waals surface area contributed by atoms with Gasteiger partial charge in [0.25, 0.3) is 5.91 Å². The largest absolute Gasteiger partial charge is 0.353 e. The Hall–Kier alpha value is -2.09. The van der Waals surface area contributed by atoms with E-state index in [0.717, 1.165) is 30.4 Å². The van der Waals surface area contributed by atoms with Crippen LogP contribution in [0.5, 0.6) is 0 Å². The van der Waals surface area contributed by atoms with Crippen LogP contribution in [0.3, 0.4) is 0 Å². The van der Waals surface area contributed by atoms with E-state index in [2.05, 4.69) is 40.6 Å². The molecule has 2 heterocycles. The molecule has 1 saturated heterocycles. The predicted octanol–water partition coefficient (Wildman–Crippen LogP) is 1.58. The van der Waals surface area contributed by atoms with Crippen molar-refractivity contribution in [2.45, 2.75) is 33.6 Å². The van der Waals surface area contributed by atoms with Crippen molar-refractivity contribution in [2.24, 2.45) is 0 Å².